The molecular weight excluding hydrogens is 202 g/mol. The van der Waals surface area contributed by atoms with Gasteiger partial charge in [0.25, 0.3) is 0 Å². The summed E-state index contributed by atoms with van der Waals surface area (Å²) in [6.45, 7) is 3.56. The fourth-order valence-corrected chi connectivity index (χ4v) is 1.55. The van der Waals surface area contributed by atoms with Gasteiger partial charge in [0.2, 0.25) is 0 Å². The molecule has 1 aromatic carbocycles. The number of hydrogen-bond donors (Lipinski definition) is 1. The largest absolute Gasteiger partial charge is 0.748 e. The van der Waals surface area contributed by atoms with E-state index in [1.807, 2.05) is 0 Å². The topological polar surface area (TPSA) is 93.7 Å². The highest BCUT2D eigenvalue weighted by Crippen LogP contribution is 2.07. The quantitative estimate of drug-likeness (QED) is 0.778. The molecule has 0 radical (unpaired) electrons. The predicted octanol–water partition coefficient (Wildman–Crippen LogP) is 1.75. The van der Waals surface area contributed by atoms with Crippen molar-refractivity contribution in [2.75, 3.05) is 0 Å². The van der Waals surface area contributed by atoms with Crippen molar-refractivity contribution in [3.63, 3.8) is 0 Å². The van der Waals surface area contributed by atoms with Crippen LogP contribution in [0.3, 0.4) is 0 Å². The van der Waals surface area contributed by atoms with E-state index >= 15 is 0 Å². The van der Waals surface area contributed by atoms with Crippen LogP contribution in [-0.2, 0) is 15.9 Å². The first-order valence-electron chi connectivity index (χ1n) is 3.66. The molecule has 0 fully saturated rings. The molecule has 78 valence electrons. The zero-order chi connectivity index (χ0) is 9.90. The molecule has 0 saturated heterocycles. The van der Waals surface area contributed by atoms with Gasteiger partial charge in [-0.2, -0.15) is 0 Å². The Balaban J connectivity index is 0.00000169. The molecule has 5 heteroatoms. The van der Waals surface area contributed by atoms with Crippen LogP contribution in [0, 0.1) is 0 Å². The van der Waals surface area contributed by atoms with Gasteiger partial charge in [0.15, 0.2) is 0 Å². The van der Waals surface area contributed by atoms with E-state index in [-0.39, 0.29) is 6.15 Å². The summed E-state index contributed by atoms with van der Waals surface area (Å²) in [4.78, 5) is 0. The van der Waals surface area contributed by atoms with E-state index in [0.29, 0.717) is 5.56 Å². The van der Waals surface area contributed by atoms with Gasteiger partial charge in [0.05, 0.1) is 15.9 Å². The average molecular weight is 215 g/mol. The first-order chi connectivity index (χ1) is 6.01. The molecule has 0 heterocycles. The van der Waals surface area contributed by atoms with E-state index in [2.05, 4.69) is 6.58 Å². The van der Waals surface area contributed by atoms with Gasteiger partial charge in [-0.15, -0.1) is 0 Å². The molecule has 14 heavy (non-hydrogen) atoms. The van der Waals surface area contributed by atoms with E-state index in [1.165, 1.54) is 0 Å². The predicted molar refractivity (Wildman–Crippen MR) is 55.9 cm³/mol. The number of hydrogen-bond acceptors (Lipinski definition) is 3. The molecule has 0 aromatic heterocycles. The van der Waals surface area contributed by atoms with Gasteiger partial charge in [-0.3, -0.25) is 0 Å². The van der Waals surface area contributed by atoms with Gasteiger partial charge in [0.1, 0.15) is 0 Å². The molecule has 0 unspecified atom stereocenters. The highest BCUT2D eigenvalue weighted by molar-refractivity contribution is 7.84. The van der Waals surface area contributed by atoms with Crippen molar-refractivity contribution in [1.82, 2.24) is 6.15 Å². The summed E-state index contributed by atoms with van der Waals surface area (Å²) in [6.07, 6.45) is 1.65. The summed E-state index contributed by atoms with van der Waals surface area (Å²) in [6, 6.07) is 6.64. The Hall–Kier alpha value is -1.17. The van der Waals surface area contributed by atoms with E-state index < -0.39 is 15.9 Å². The van der Waals surface area contributed by atoms with Crippen LogP contribution in [0.1, 0.15) is 11.1 Å². The average Bonchev–Trinajstić information content (AvgIpc) is 2.03. The lowest BCUT2D eigenvalue weighted by Crippen LogP contribution is -2.01. The van der Waals surface area contributed by atoms with Crippen LogP contribution in [0.5, 0.6) is 0 Å². The summed E-state index contributed by atoms with van der Waals surface area (Å²) in [7, 11) is -4.17. The Morgan fingerprint density at radius 3 is 2.14 bits per heavy atom. The Labute approximate surface area is 83.6 Å². The molecule has 0 aliphatic carbocycles. The van der Waals surface area contributed by atoms with Crippen LogP contribution in [0.4, 0.5) is 0 Å². The molecular formula is C9H13NO3S. The van der Waals surface area contributed by atoms with Crippen molar-refractivity contribution in [2.45, 2.75) is 5.75 Å². The van der Waals surface area contributed by atoms with Crippen molar-refractivity contribution in [3.8, 4) is 0 Å². The third-order valence-corrected chi connectivity index (χ3v) is 2.25. The lowest BCUT2D eigenvalue weighted by atomic mass is 10.1. The van der Waals surface area contributed by atoms with E-state index in [0.717, 1.165) is 5.56 Å². The Bertz CT molecular complexity index is 395. The zero-order valence-electron chi connectivity index (χ0n) is 7.93. The van der Waals surface area contributed by atoms with E-state index in [4.69, 9.17) is 0 Å². The van der Waals surface area contributed by atoms with Gasteiger partial charge in [-0.05, 0) is 11.1 Å². The van der Waals surface area contributed by atoms with Gasteiger partial charge < -0.3 is 10.7 Å². The smallest absolute Gasteiger partial charge is 0.0988 e. The molecule has 0 bridgehead atoms. The minimum atomic E-state index is -4.17. The highest BCUT2D eigenvalue weighted by Gasteiger charge is 1.97. The molecule has 0 aliphatic rings. The maximum absolute atomic E-state index is 10.4. The minimum Gasteiger partial charge on any atom is -0.748 e. The lowest BCUT2D eigenvalue weighted by Gasteiger charge is -2.06. The van der Waals surface area contributed by atoms with Crippen LogP contribution in [0.2, 0.25) is 0 Å². The van der Waals surface area contributed by atoms with Gasteiger partial charge in [-0.25, -0.2) is 8.42 Å². The number of quaternary nitrogens is 1. The summed E-state index contributed by atoms with van der Waals surface area (Å²) in [5.74, 6) is -0.454. The minimum absolute atomic E-state index is 0. The maximum atomic E-state index is 10.4. The Morgan fingerprint density at radius 1 is 1.29 bits per heavy atom. The summed E-state index contributed by atoms with van der Waals surface area (Å²) in [5.41, 5.74) is 1.40. The van der Waals surface area contributed by atoms with Crippen LogP contribution in [-0.4, -0.2) is 13.0 Å². The second-order valence-electron chi connectivity index (χ2n) is 2.65. The number of benzene rings is 1. The van der Waals surface area contributed by atoms with Crippen molar-refractivity contribution in [2.24, 2.45) is 0 Å². The SMILES string of the molecule is C=Cc1ccc(CS(=O)(=O)[O-])cc1.[NH4+]. The Morgan fingerprint density at radius 2 is 1.79 bits per heavy atom. The first-order valence-corrected chi connectivity index (χ1v) is 5.24. The van der Waals surface area contributed by atoms with Crippen molar-refractivity contribution >= 4 is 16.2 Å². The van der Waals surface area contributed by atoms with Crippen LogP contribution in [0.15, 0.2) is 30.8 Å². The van der Waals surface area contributed by atoms with Gasteiger partial charge in [0, 0.05) is 0 Å². The monoisotopic (exact) mass is 215 g/mol. The normalized spacial score (nSPS) is 10.4. The molecule has 4 nitrogen and oxygen atoms in total. The fourth-order valence-electron chi connectivity index (χ4n) is 0.954. The Kier molecular flexibility index (Phi) is 4.49. The molecule has 0 saturated carbocycles. The first kappa shape index (κ1) is 12.8. The van der Waals surface area contributed by atoms with E-state index in [1.54, 1.807) is 30.3 Å². The maximum Gasteiger partial charge on any atom is 0.0988 e. The highest BCUT2D eigenvalue weighted by atomic mass is 32.2. The molecule has 0 amide bonds. The number of rotatable bonds is 3. The second-order valence-corrected chi connectivity index (χ2v) is 4.05. The fraction of sp³-hybridized carbons (Fsp3) is 0.111. The van der Waals surface area contributed by atoms with Crippen LogP contribution in [0.25, 0.3) is 6.08 Å². The molecule has 4 N–H and O–H groups in total. The van der Waals surface area contributed by atoms with E-state index in [9.17, 15) is 13.0 Å². The standard InChI is InChI=1S/C9H10O3S.H3N/c1-2-8-3-5-9(6-4-8)7-13(10,11)12;/h2-6H,1,7H2,(H,10,11,12);1H3. The molecule has 0 aliphatic heterocycles. The van der Waals surface area contributed by atoms with Gasteiger partial charge in [-0.1, -0.05) is 36.9 Å². The van der Waals surface area contributed by atoms with Gasteiger partial charge >= 0.3 is 0 Å². The summed E-state index contributed by atoms with van der Waals surface area (Å²) < 4.78 is 31.1. The van der Waals surface area contributed by atoms with Crippen molar-refractivity contribution in [1.29, 1.82) is 0 Å². The molecule has 1 rings (SSSR count). The van der Waals surface area contributed by atoms with Crippen molar-refractivity contribution in [3.05, 3.63) is 42.0 Å². The van der Waals surface area contributed by atoms with Crippen LogP contribution >= 0.6 is 0 Å². The molecule has 0 spiro atoms. The second kappa shape index (κ2) is 4.90. The third kappa shape index (κ3) is 4.18. The van der Waals surface area contributed by atoms with Crippen molar-refractivity contribution < 1.29 is 13.0 Å². The zero-order valence-corrected chi connectivity index (χ0v) is 8.75. The molecule has 0 atom stereocenters. The summed E-state index contributed by atoms with van der Waals surface area (Å²) >= 11 is 0. The van der Waals surface area contributed by atoms with Crippen LogP contribution < -0.4 is 6.15 Å². The third-order valence-electron chi connectivity index (χ3n) is 1.56. The molecule has 1 aromatic rings. The summed E-state index contributed by atoms with van der Waals surface area (Å²) in [5, 5.41) is 0. The lowest BCUT2D eigenvalue weighted by molar-refractivity contribution is 0.462.